The quantitative estimate of drug-likeness (QED) is 0.0514. The number of hydrogen-bond donors (Lipinski definition) is 0. The van der Waals surface area contributed by atoms with Gasteiger partial charge in [-0.2, -0.15) is 0 Å². The minimum atomic E-state index is -0.722. The van der Waals surface area contributed by atoms with Gasteiger partial charge in [0.05, 0.1) is 35.5 Å². The molecule has 1 saturated heterocycles. The summed E-state index contributed by atoms with van der Waals surface area (Å²) in [5, 5.41) is 16.8. The number of hydrogen-bond acceptors (Lipinski definition) is 6. The molecule has 0 saturated carbocycles. The van der Waals surface area contributed by atoms with Gasteiger partial charge in [0.25, 0.3) is 0 Å². The molecule has 514 valence electrons. The van der Waals surface area contributed by atoms with Crippen molar-refractivity contribution in [1.82, 2.24) is 0 Å². The molecule has 1 fully saturated rings. The Labute approximate surface area is 623 Å². The largest absolute Gasteiger partial charge is 0.495 e. The first-order chi connectivity index (χ1) is 49.4. The van der Waals surface area contributed by atoms with Crippen LogP contribution in [0.25, 0.3) is 0 Å². The van der Waals surface area contributed by atoms with Gasteiger partial charge in [-0.05, 0) is 154 Å². The van der Waals surface area contributed by atoms with E-state index in [9.17, 15) is 9.59 Å². The van der Waals surface area contributed by atoms with Crippen LogP contribution in [0.4, 0.5) is 0 Å². The van der Waals surface area contributed by atoms with Crippen LogP contribution in [0.3, 0.4) is 0 Å². The summed E-state index contributed by atoms with van der Waals surface area (Å²) in [4.78, 5) is 24.4. The minimum absolute atomic E-state index is 0. The molecule has 1 heterocycles. The van der Waals surface area contributed by atoms with Crippen molar-refractivity contribution in [2.45, 2.75) is 52.7 Å². The van der Waals surface area contributed by atoms with Gasteiger partial charge in [-0.15, -0.1) is 0 Å². The van der Waals surface area contributed by atoms with E-state index in [0.717, 1.165) is 0 Å². The average Bonchev–Trinajstić information content (AvgIpc) is 1.61. The molecule has 0 aliphatic carbocycles. The zero-order chi connectivity index (χ0) is 70.5. The molecule has 0 bridgehead atoms. The number of esters is 2. The van der Waals surface area contributed by atoms with Crippen molar-refractivity contribution in [3.05, 3.63) is 393 Å². The third-order valence-corrected chi connectivity index (χ3v) is 26.5. The molecule has 1 aliphatic heterocycles. The predicted octanol–water partition coefficient (Wildman–Crippen LogP) is 16.1. The summed E-state index contributed by atoms with van der Waals surface area (Å²) >= 11 is 0. The van der Waals surface area contributed by atoms with Gasteiger partial charge in [0.1, 0.15) is 0 Å². The fourth-order valence-corrected chi connectivity index (χ4v) is 20.4. The maximum atomic E-state index is 12.4. The number of ether oxygens (including phenoxy) is 2. The SMILES string of the molecule is CCOC(=O)c1ccc(B2OC(C)(C)C(C)(C)O2)c(C(=O)OCC)c1.[Pd].c1ccc(P(c2ccccc2)c2ccccc2)cc1.c1ccc(P(c2ccccc2)c2ccccc2)cc1.c1ccc(P(c2ccccc2)c2ccccc2)cc1.c1ccc(P(c2ccccc2)c2ccccc2)cc1. The average molecular weight is 1500 g/mol. The summed E-state index contributed by atoms with van der Waals surface area (Å²) in [6.45, 7) is 11.7. The maximum absolute atomic E-state index is 12.4. The molecule has 12 heteroatoms. The summed E-state index contributed by atoms with van der Waals surface area (Å²) in [5.74, 6) is -1.02. The Morgan fingerprint density at radius 3 is 0.637 bits per heavy atom. The van der Waals surface area contributed by atoms with Crippen molar-refractivity contribution < 1.29 is 48.8 Å². The van der Waals surface area contributed by atoms with E-state index < -0.39 is 61.9 Å². The molecular weight excluding hydrogens is 1420 g/mol. The van der Waals surface area contributed by atoms with E-state index in [4.69, 9.17) is 18.8 Å². The van der Waals surface area contributed by atoms with Crippen molar-refractivity contribution >= 4 is 120 Å². The second-order valence-corrected chi connectivity index (χ2v) is 33.1. The first kappa shape index (κ1) is 77.3. The van der Waals surface area contributed by atoms with Crippen LogP contribution in [-0.4, -0.2) is 43.5 Å². The summed E-state index contributed by atoms with van der Waals surface area (Å²) in [6.07, 6.45) is 0. The van der Waals surface area contributed by atoms with E-state index in [1.165, 1.54) is 69.7 Å². The Bertz CT molecular complexity index is 3670. The molecule has 14 rings (SSSR count). The van der Waals surface area contributed by atoms with E-state index in [2.05, 4.69) is 364 Å². The van der Waals surface area contributed by atoms with Gasteiger partial charge in [-0.25, -0.2) is 9.59 Å². The summed E-state index contributed by atoms with van der Waals surface area (Å²) in [5.41, 5.74) is -0.0199. The monoisotopic (exact) mass is 1500 g/mol. The van der Waals surface area contributed by atoms with Crippen molar-refractivity contribution in [2.75, 3.05) is 13.2 Å². The van der Waals surface area contributed by atoms with E-state index in [1.54, 1.807) is 26.0 Å². The zero-order valence-electron chi connectivity index (χ0n) is 58.4. The fourth-order valence-electron chi connectivity index (χ4n) is 11.2. The molecule has 0 atom stereocenters. The van der Waals surface area contributed by atoms with Crippen LogP contribution >= 0.6 is 31.7 Å². The summed E-state index contributed by atoms with van der Waals surface area (Å²) in [6, 6.07) is 134. The fraction of sp³-hybridized carbons (Fsp3) is 0.111. The van der Waals surface area contributed by atoms with Crippen LogP contribution in [0.2, 0.25) is 0 Å². The Hall–Kier alpha value is -8.83. The van der Waals surface area contributed by atoms with Gasteiger partial charge >= 0.3 is 19.1 Å². The number of carbonyl (C=O) groups excluding carboxylic acids is 2. The molecule has 6 nitrogen and oxygen atoms in total. The molecule has 13 aromatic rings. The second kappa shape index (κ2) is 40.1. The molecule has 13 aromatic carbocycles. The van der Waals surface area contributed by atoms with E-state index in [-0.39, 0.29) is 44.8 Å². The topological polar surface area (TPSA) is 71.1 Å². The Morgan fingerprint density at radius 2 is 0.461 bits per heavy atom. The molecule has 0 radical (unpaired) electrons. The molecule has 1 aliphatic rings. The third-order valence-electron chi connectivity index (χ3n) is 16.7. The number of carbonyl (C=O) groups is 2. The minimum Gasteiger partial charge on any atom is -0.462 e. The maximum Gasteiger partial charge on any atom is 0.495 e. The molecule has 0 amide bonds. The van der Waals surface area contributed by atoms with Crippen molar-refractivity contribution in [1.29, 1.82) is 0 Å². The Balaban J connectivity index is 0.000000148. The van der Waals surface area contributed by atoms with Crippen LogP contribution in [-0.2, 0) is 39.2 Å². The summed E-state index contributed by atoms with van der Waals surface area (Å²) in [7, 11) is -2.51. The normalized spacial score (nSPS) is 12.3. The Morgan fingerprint density at radius 1 is 0.284 bits per heavy atom. The van der Waals surface area contributed by atoms with Crippen molar-refractivity contribution in [3.8, 4) is 0 Å². The van der Waals surface area contributed by atoms with Gasteiger partial charge in [0, 0.05) is 20.4 Å². The number of benzene rings is 13. The van der Waals surface area contributed by atoms with Gasteiger partial charge in [0.2, 0.25) is 0 Å². The molecule has 0 aromatic heterocycles. The number of rotatable bonds is 17. The summed E-state index contributed by atoms with van der Waals surface area (Å²) < 4.78 is 22.2. The van der Waals surface area contributed by atoms with Crippen LogP contribution in [0.15, 0.2) is 382 Å². The standard InChI is InChI=1S/C18H25BO6.4C18H15P.Pd/c1-7-22-15(20)12-9-10-14(13(11-12)16(21)23-8-2)19-24-17(3,4)18(5,6)25-19;4*1-4-10-16(11-5-1)19(17-12-6-2-7-13-17)18-14-8-3-9-15-18;/h9-11H,7-8H2,1-6H3;4*1-15H;. The predicted molar refractivity (Wildman–Crippen MR) is 435 cm³/mol. The van der Waals surface area contributed by atoms with Crippen LogP contribution in [0.1, 0.15) is 62.3 Å². The van der Waals surface area contributed by atoms with Crippen molar-refractivity contribution in [2.24, 2.45) is 0 Å². The Kier molecular flexibility index (Phi) is 30.4. The second-order valence-electron chi connectivity index (χ2n) is 24.2. The van der Waals surface area contributed by atoms with Gasteiger partial charge in [-0.1, -0.05) is 370 Å². The van der Waals surface area contributed by atoms with E-state index >= 15 is 0 Å². The molecule has 0 N–H and O–H groups in total. The van der Waals surface area contributed by atoms with E-state index in [0.29, 0.717) is 5.46 Å². The smallest absolute Gasteiger partial charge is 0.462 e. The van der Waals surface area contributed by atoms with Crippen LogP contribution in [0.5, 0.6) is 0 Å². The van der Waals surface area contributed by atoms with Crippen molar-refractivity contribution in [3.63, 3.8) is 0 Å². The molecule has 0 spiro atoms. The van der Waals surface area contributed by atoms with Gasteiger partial charge < -0.3 is 18.8 Å². The molecule has 0 unspecified atom stereocenters. The van der Waals surface area contributed by atoms with Gasteiger partial charge in [-0.3, -0.25) is 0 Å². The zero-order valence-corrected chi connectivity index (χ0v) is 63.6. The first-order valence-corrected chi connectivity index (χ1v) is 39.4. The molecule has 102 heavy (non-hydrogen) atoms. The van der Waals surface area contributed by atoms with Crippen LogP contribution < -0.4 is 69.1 Å². The third kappa shape index (κ3) is 21.6. The van der Waals surface area contributed by atoms with E-state index in [1.807, 2.05) is 27.7 Å². The van der Waals surface area contributed by atoms with Crippen LogP contribution in [0, 0.1) is 0 Å². The van der Waals surface area contributed by atoms with Gasteiger partial charge in [0.15, 0.2) is 0 Å². The molecular formula is C90H85BO6P4Pd. The first-order valence-electron chi connectivity index (χ1n) is 34.1.